The van der Waals surface area contributed by atoms with Gasteiger partial charge in [0.05, 0.1) is 26.4 Å². The Morgan fingerprint density at radius 2 is 0.873 bits per heavy atom. The number of hydrogen-bond acceptors (Lipinski definition) is 10. The van der Waals surface area contributed by atoms with E-state index in [2.05, 4.69) is 50.7 Å². The van der Waals surface area contributed by atoms with Crippen LogP contribution in [0.5, 0.6) is 23.0 Å². The van der Waals surface area contributed by atoms with Crippen LogP contribution < -0.4 is 18.9 Å². The van der Waals surface area contributed by atoms with Crippen LogP contribution in [-0.2, 0) is 34.1 Å². The Hall–Kier alpha value is -7.04. The smallest absolute Gasteiger partial charge is 0.390 e. The van der Waals surface area contributed by atoms with Crippen LogP contribution in [0.3, 0.4) is 0 Å². The zero-order valence-electron chi connectivity index (χ0n) is 36.1. The summed E-state index contributed by atoms with van der Waals surface area (Å²) in [6.45, 7) is 12.9. The van der Waals surface area contributed by atoms with Crippen LogP contribution in [-0.4, -0.2) is 50.3 Å². The van der Waals surface area contributed by atoms with E-state index in [0.717, 1.165) is 98.6 Å². The fraction of sp³-hybridized carbons (Fsp3) is 0.321. The second kappa shape index (κ2) is 24.4. The number of hydrogen-bond donors (Lipinski definition) is 0. The highest BCUT2D eigenvalue weighted by Gasteiger charge is 2.41. The van der Waals surface area contributed by atoms with Crippen molar-refractivity contribution in [3.63, 3.8) is 0 Å². The lowest BCUT2D eigenvalue weighted by Gasteiger charge is -2.30. The molecule has 326 valence electrons. The summed E-state index contributed by atoms with van der Waals surface area (Å²) in [4.78, 5) is 47.9. The molecule has 4 aromatic rings. The monoisotopic (exact) mass is 850 g/mol. The van der Waals surface area contributed by atoms with Gasteiger partial charge in [-0.25, -0.2) is 19.2 Å². The summed E-state index contributed by atoms with van der Waals surface area (Å²) in [5.74, 6) is 11.0. The first-order valence-corrected chi connectivity index (χ1v) is 21.5. The minimum Gasteiger partial charge on any atom is -0.494 e. The van der Waals surface area contributed by atoms with Crippen molar-refractivity contribution < 1.29 is 47.6 Å². The van der Waals surface area contributed by atoms with E-state index in [1.165, 1.54) is 0 Å². The highest BCUT2D eigenvalue weighted by molar-refractivity contribution is 5.92. The van der Waals surface area contributed by atoms with E-state index in [9.17, 15) is 19.2 Å². The van der Waals surface area contributed by atoms with E-state index in [-0.39, 0.29) is 0 Å². The first-order chi connectivity index (χ1) is 30.7. The number of fused-ring (bicyclic) bond motifs is 3. The Kier molecular flexibility index (Phi) is 18.2. The molecule has 4 aromatic carbocycles. The van der Waals surface area contributed by atoms with E-state index >= 15 is 0 Å². The summed E-state index contributed by atoms with van der Waals surface area (Å²) in [6, 6.07) is 25.7. The van der Waals surface area contributed by atoms with Gasteiger partial charge in [0, 0.05) is 40.5 Å². The summed E-state index contributed by atoms with van der Waals surface area (Å²) >= 11 is 0. The Morgan fingerprint density at radius 3 is 1.24 bits per heavy atom. The quantitative estimate of drug-likeness (QED) is 0.0248. The zero-order valence-corrected chi connectivity index (χ0v) is 36.1. The number of carbonyl (C=O) groups excluding carboxylic acids is 4. The first-order valence-electron chi connectivity index (χ1n) is 21.5. The number of ether oxygens (including phenoxy) is 6. The molecule has 0 aromatic heterocycles. The SMILES string of the molecule is C=CC(=O)OCCCCCCOc1ccc(C#CC(=O)Oc2ccc3c(c2)C(CC)(CC)c2cc(OC(=O)C#Cc4ccc(OCCCCCCOC(=O)C=C)cc4)ccc2-3)cc1. The third-order valence-electron chi connectivity index (χ3n) is 10.7. The van der Waals surface area contributed by atoms with Crippen molar-refractivity contribution in [3.8, 4) is 57.8 Å². The number of esters is 4. The Labute approximate surface area is 370 Å². The van der Waals surface area contributed by atoms with Gasteiger partial charge in [-0.3, -0.25) is 0 Å². The van der Waals surface area contributed by atoms with Gasteiger partial charge in [0.15, 0.2) is 0 Å². The van der Waals surface area contributed by atoms with Crippen molar-refractivity contribution in [2.24, 2.45) is 0 Å². The Bertz CT molecular complexity index is 2190. The second-order valence-corrected chi connectivity index (χ2v) is 14.8. The van der Waals surface area contributed by atoms with Crippen LogP contribution in [0.2, 0.25) is 0 Å². The van der Waals surface area contributed by atoms with E-state index in [1.54, 1.807) is 36.4 Å². The lowest BCUT2D eigenvalue weighted by molar-refractivity contribution is -0.138. The average molecular weight is 851 g/mol. The lowest BCUT2D eigenvalue weighted by atomic mass is 9.74. The van der Waals surface area contributed by atoms with Gasteiger partial charge >= 0.3 is 23.9 Å². The maximum atomic E-state index is 12.9. The third kappa shape index (κ3) is 14.0. The summed E-state index contributed by atoms with van der Waals surface area (Å²) in [5.41, 5.74) is 5.03. The first kappa shape index (κ1) is 47.0. The molecule has 10 nitrogen and oxygen atoms in total. The number of benzene rings is 4. The molecule has 63 heavy (non-hydrogen) atoms. The van der Waals surface area contributed by atoms with Crippen LogP contribution in [0.25, 0.3) is 11.1 Å². The van der Waals surface area contributed by atoms with Crippen LogP contribution in [0, 0.1) is 23.7 Å². The van der Waals surface area contributed by atoms with Crippen LogP contribution in [0.1, 0.15) is 100 Å². The molecule has 0 saturated heterocycles. The van der Waals surface area contributed by atoms with Crippen molar-refractivity contribution in [1.82, 2.24) is 0 Å². The third-order valence-corrected chi connectivity index (χ3v) is 10.7. The molecular formula is C53H54O10. The second-order valence-electron chi connectivity index (χ2n) is 14.8. The molecule has 0 spiro atoms. The van der Waals surface area contributed by atoms with Crippen molar-refractivity contribution >= 4 is 23.9 Å². The molecule has 10 heteroatoms. The highest BCUT2D eigenvalue weighted by Crippen LogP contribution is 2.54. The lowest BCUT2D eigenvalue weighted by Crippen LogP contribution is -2.23. The fourth-order valence-electron chi connectivity index (χ4n) is 7.33. The number of carbonyl (C=O) groups is 4. The predicted molar refractivity (Wildman–Crippen MR) is 241 cm³/mol. The predicted octanol–water partition coefficient (Wildman–Crippen LogP) is 10.0. The van der Waals surface area contributed by atoms with Crippen molar-refractivity contribution in [1.29, 1.82) is 0 Å². The van der Waals surface area contributed by atoms with Gasteiger partial charge in [-0.1, -0.05) is 51.0 Å². The number of unbranched alkanes of at least 4 members (excludes halogenated alkanes) is 6. The van der Waals surface area contributed by atoms with E-state index < -0.39 is 29.3 Å². The van der Waals surface area contributed by atoms with E-state index in [0.29, 0.717) is 60.6 Å². The molecule has 0 fully saturated rings. The molecule has 0 N–H and O–H groups in total. The molecule has 0 amide bonds. The van der Waals surface area contributed by atoms with Gasteiger partial charge in [-0.15, -0.1) is 0 Å². The van der Waals surface area contributed by atoms with E-state index in [1.807, 2.05) is 48.5 Å². The number of rotatable bonds is 22. The molecule has 1 aliphatic carbocycles. The maximum absolute atomic E-state index is 12.9. The molecule has 0 bridgehead atoms. The summed E-state index contributed by atoms with van der Waals surface area (Å²) in [7, 11) is 0. The van der Waals surface area contributed by atoms with Gasteiger partial charge in [0.25, 0.3) is 0 Å². The minimum atomic E-state index is -0.673. The van der Waals surface area contributed by atoms with Gasteiger partial charge in [0.1, 0.15) is 23.0 Å². The van der Waals surface area contributed by atoms with Crippen molar-refractivity contribution in [3.05, 3.63) is 132 Å². The summed E-state index contributed by atoms with van der Waals surface area (Å²) < 4.78 is 33.0. The minimum absolute atomic E-state index is 0.393. The molecular weight excluding hydrogens is 797 g/mol. The standard InChI is InChI=1S/C53H54O10/c1-5-49(54)60-35-15-11-9-13-33-58-41-23-17-39(18-24-41)21-31-51(56)62-43-27-29-45-46-30-28-44(38-48(46)53(7-3,8-4)47(45)37-43)63-52(57)32-22-40-19-25-42(26-20-40)59-34-14-10-12-16-36-61-50(55)6-2/h5-6,17-20,23-30,37-38H,1-2,7-16,33-36H2,3-4H3. The fourth-order valence-corrected chi connectivity index (χ4v) is 7.33. The molecule has 0 aliphatic heterocycles. The molecule has 0 atom stereocenters. The topological polar surface area (TPSA) is 124 Å². The Balaban J connectivity index is 1.10. The molecule has 0 saturated carbocycles. The van der Waals surface area contributed by atoms with E-state index in [4.69, 9.17) is 28.4 Å². The normalized spacial score (nSPS) is 11.5. The molecule has 0 unspecified atom stereocenters. The van der Waals surface area contributed by atoms with Crippen LogP contribution in [0.4, 0.5) is 0 Å². The van der Waals surface area contributed by atoms with Gasteiger partial charge in [-0.2, -0.15) is 0 Å². The largest absolute Gasteiger partial charge is 0.494 e. The summed E-state index contributed by atoms with van der Waals surface area (Å²) in [5, 5.41) is 0. The van der Waals surface area contributed by atoms with Crippen LogP contribution in [0.15, 0.2) is 110 Å². The molecule has 0 radical (unpaired) electrons. The van der Waals surface area contributed by atoms with Gasteiger partial charge < -0.3 is 28.4 Å². The Morgan fingerprint density at radius 1 is 0.508 bits per heavy atom. The molecule has 0 heterocycles. The maximum Gasteiger partial charge on any atom is 0.390 e. The van der Waals surface area contributed by atoms with Crippen LogP contribution >= 0.6 is 0 Å². The van der Waals surface area contributed by atoms with Gasteiger partial charge in [-0.05, 0) is 159 Å². The molecule has 1 aliphatic rings. The van der Waals surface area contributed by atoms with Gasteiger partial charge in [0.2, 0.25) is 0 Å². The highest BCUT2D eigenvalue weighted by atomic mass is 16.5. The molecule has 5 rings (SSSR count). The zero-order chi connectivity index (χ0) is 44.9. The van der Waals surface area contributed by atoms with Crippen molar-refractivity contribution in [2.75, 3.05) is 26.4 Å². The summed E-state index contributed by atoms with van der Waals surface area (Å²) in [6.07, 6.45) is 11.0. The average Bonchev–Trinajstić information content (AvgIpc) is 3.58. The van der Waals surface area contributed by atoms with Crippen molar-refractivity contribution in [2.45, 2.75) is 83.5 Å².